The van der Waals surface area contributed by atoms with Crippen molar-refractivity contribution in [1.82, 2.24) is 15.5 Å². The fourth-order valence-electron chi connectivity index (χ4n) is 4.74. The number of rotatable bonds is 7. The minimum atomic E-state index is -0.611. The molecular weight excluding hydrogens is 458 g/mol. The summed E-state index contributed by atoms with van der Waals surface area (Å²) in [5, 5.41) is 6.20. The van der Waals surface area contributed by atoms with Gasteiger partial charge in [0.05, 0.1) is 26.3 Å². The van der Waals surface area contributed by atoms with E-state index in [0.717, 1.165) is 13.0 Å². The Balaban J connectivity index is 1.86. The van der Waals surface area contributed by atoms with Gasteiger partial charge in [-0.05, 0) is 63.3 Å². The highest BCUT2D eigenvalue weighted by molar-refractivity contribution is 6.18. The van der Waals surface area contributed by atoms with Crippen molar-refractivity contribution < 1.29 is 23.8 Å². The molecule has 1 aromatic rings. The molecule has 34 heavy (non-hydrogen) atoms. The molecule has 0 radical (unpaired) electrons. The molecule has 2 heterocycles. The van der Waals surface area contributed by atoms with Crippen molar-refractivity contribution in [3.8, 4) is 11.5 Å². The minimum Gasteiger partial charge on any atom is -0.493 e. The van der Waals surface area contributed by atoms with Gasteiger partial charge in [0.25, 0.3) is 0 Å². The zero-order valence-corrected chi connectivity index (χ0v) is 21.8. The molecule has 8 nitrogen and oxygen atoms in total. The van der Waals surface area contributed by atoms with Gasteiger partial charge in [-0.2, -0.15) is 0 Å². The van der Waals surface area contributed by atoms with E-state index in [-0.39, 0.29) is 30.0 Å². The van der Waals surface area contributed by atoms with E-state index < -0.39 is 11.7 Å². The Morgan fingerprint density at radius 1 is 1.15 bits per heavy atom. The molecular formula is C25H38ClN3O5. The number of ether oxygens (including phenoxy) is 3. The van der Waals surface area contributed by atoms with Gasteiger partial charge >= 0.3 is 6.09 Å². The van der Waals surface area contributed by atoms with Crippen LogP contribution in [0.15, 0.2) is 12.1 Å². The zero-order chi connectivity index (χ0) is 25.0. The SMILES string of the molecule is COc1cc2c(cc1OC)C1CC(NC(=O)OC(C)(C)C)C(NC(=O)C(C)CCCl)CN1CC2. The quantitative estimate of drug-likeness (QED) is 0.561. The third-order valence-electron chi connectivity index (χ3n) is 6.53. The van der Waals surface area contributed by atoms with E-state index in [9.17, 15) is 9.59 Å². The van der Waals surface area contributed by atoms with Crippen molar-refractivity contribution in [3.63, 3.8) is 0 Å². The number of alkyl halides is 1. The lowest BCUT2D eigenvalue weighted by atomic mass is 9.82. The van der Waals surface area contributed by atoms with Crippen molar-refractivity contribution in [1.29, 1.82) is 0 Å². The van der Waals surface area contributed by atoms with Crippen molar-refractivity contribution in [3.05, 3.63) is 23.3 Å². The first-order valence-electron chi connectivity index (χ1n) is 11.9. The number of halogens is 1. The number of methoxy groups -OCH3 is 2. The fourth-order valence-corrected chi connectivity index (χ4v) is 5.07. The molecule has 2 aliphatic rings. The molecule has 4 unspecified atom stereocenters. The van der Waals surface area contributed by atoms with E-state index in [4.69, 9.17) is 25.8 Å². The Morgan fingerprint density at radius 2 is 1.82 bits per heavy atom. The van der Waals surface area contributed by atoms with Crippen LogP contribution in [-0.4, -0.2) is 67.8 Å². The molecule has 2 amide bonds. The second-order valence-electron chi connectivity index (χ2n) is 10.1. The van der Waals surface area contributed by atoms with E-state index in [1.165, 1.54) is 11.1 Å². The molecule has 0 aromatic heterocycles. The van der Waals surface area contributed by atoms with Crippen LogP contribution in [0, 0.1) is 5.92 Å². The third-order valence-corrected chi connectivity index (χ3v) is 6.75. The number of nitrogens with zero attached hydrogens (tertiary/aromatic N) is 1. The summed E-state index contributed by atoms with van der Waals surface area (Å²) in [5.41, 5.74) is 1.77. The number of hydrogen-bond donors (Lipinski definition) is 2. The Hall–Kier alpha value is -2.19. The smallest absolute Gasteiger partial charge is 0.407 e. The van der Waals surface area contributed by atoms with Gasteiger partial charge in [-0.1, -0.05) is 6.92 Å². The Morgan fingerprint density at radius 3 is 2.44 bits per heavy atom. The summed E-state index contributed by atoms with van der Waals surface area (Å²) in [6.07, 6.45) is 1.63. The predicted molar refractivity (Wildman–Crippen MR) is 132 cm³/mol. The summed E-state index contributed by atoms with van der Waals surface area (Å²) >= 11 is 5.85. The molecule has 9 heteroatoms. The van der Waals surface area contributed by atoms with Crippen LogP contribution in [0.4, 0.5) is 4.79 Å². The van der Waals surface area contributed by atoms with Crippen molar-refractivity contribution in [2.45, 2.75) is 70.7 Å². The van der Waals surface area contributed by atoms with Crippen LogP contribution in [0.1, 0.15) is 57.7 Å². The topological polar surface area (TPSA) is 89.1 Å². The lowest BCUT2D eigenvalue weighted by Gasteiger charge is -2.47. The maximum absolute atomic E-state index is 12.8. The molecule has 1 saturated heterocycles. The second kappa shape index (κ2) is 11.0. The number of piperidine rings is 1. The van der Waals surface area contributed by atoms with E-state index in [2.05, 4.69) is 15.5 Å². The summed E-state index contributed by atoms with van der Waals surface area (Å²) in [5.74, 6) is 1.58. The number of benzene rings is 1. The van der Waals surface area contributed by atoms with Crippen molar-refractivity contribution >= 4 is 23.6 Å². The van der Waals surface area contributed by atoms with E-state index in [0.29, 0.717) is 36.8 Å². The molecule has 0 saturated carbocycles. The summed E-state index contributed by atoms with van der Waals surface area (Å²) in [6, 6.07) is 3.63. The highest BCUT2D eigenvalue weighted by Crippen LogP contribution is 2.42. The van der Waals surface area contributed by atoms with Crippen molar-refractivity contribution in [2.24, 2.45) is 5.92 Å². The maximum Gasteiger partial charge on any atom is 0.407 e. The summed E-state index contributed by atoms with van der Waals surface area (Å²) in [4.78, 5) is 27.9. The predicted octanol–water partition coefficient (Wildman–Crippen LogP) is 3.65. The Bertz CT molecular complexity index is 888. The highest BCUT2D eigenvalue weighted by Gasteiger charge is 2.41. The molecule has 0 spiro atoms. The monoisotopic (exact) mass is 495 g/mol. The molecule has 2 N–H and O–H groups in total. The number of carbonyl (C=O) groups excluding carboxylic acids is 2. The van der Waals surface area contributed by atoms with Gasteiger partial charge in [-0.25, -0.2) is 4.79 Å². The highest BCUT2D eigenvalue weighted by atomic mass is 35.5. The van der Waals surface area contributed by atoms with Crippen LogP contribution in [0.2, 0.25) is 0 Å². The van der Waals surface area contributed by atoms with Gasteiger partial charge in [0, 0.05) is 30.9 Å². The number of carbonyl (C=O) groups is 2. The number of fused-ring (bicyclic) bond motifs is 3. The number of nitrogens with one attached hydrogen (secondary N) is 2. The number of amides is 2. The first-order valence-corrected chi connectivity index (χ1v) is 12.4. The molecule has 1 fully saturated rings. The van der Waals surface area contributed by atoms with E-state index in [1.54, 1.807) is 14.2 Å². The molecule has 3 rings (SSSR count). The van der Waals surface area contributed by atoms with Gasteiger partial charge in [-0.15, -0.1) is 11.6 Å². The average Bonchev–Trinajstić information content (AvgIpc) is 2.77. The summed E-state index contributed by atoms with van der Waals surface area (Å²) in [6.45, 7) is 8.85. The van der Waals surface area contributed by atoms with Gasteiger partial charge in [-0.3, -0.25) is 9.69 Å². The van der Waals surface area contributed by atoms with Crippen molar-refractivity contribution in [2.75, 3.05) is 33.2 Å². The maximum atomic E-state index is 12.8. The minimum absolute atomic E-state index is 0.0519. The molecule has 4 atom stereocenters. The third kappa shape index (κ3) is 6.27. The lowest BCUT2D eigenvalue weighted by Crippen LogP contribution is -2.62. The lowest BCUT2D eigenvalue weighted by molar-refractivity contribution is -0.126. The first-order chi connectivity index (χ1) is 16.1. The molecule has 1 aromatic carbocycles. The average molecular weight is 496 g/mol. The normalized spacial score (nSPS) is 23.2. The van der Waals surface area contributed by atoms with E-state index in [1.807, 2.05) is 39.8 Å². The zero-order valence-electron chi connectivity index (χ0n) is 21.1. The van der Waals surface area contributed by atoms with Crippen LogP contribution in [0.3, 0.4) is 0 Å². The number of hydrogen-bond acceptors (Lipinski definition) is 6. The molecule has 190 valence electrons. The van der Waals surface area contributed by atoms with Gasteiger partial charge in [0.15, 0.2) is 11.5 Å². The van der Waals surface area contributed by atoms with Gasteiger partial charge in [0.1, 0.15) is 5.60 Å². The fraction of sp³-hybridized carbons (Fsp3) is 0.680. The van der Waals surface area contributed by atoms with Crippen LogP contribution in [-0.2, 0) is 16.0 Å². The number of alkyl carbamates (subject to hydrolysis) is 1. The Labute approximate surface area is 207 Å². The first kappa shape index (κ1) is 26.4. The van der Waals surface area contributed by atoms with Crippen LogP contribution in [0.5, 0.6) is 11.5 Å². The summed E-state index contributed by atoms with van der Waals surface area (Å²) < 4.78 is 16.6. The van der Waals surface area contributed by atoms with Gasteiger partial charge in [0.2, 0.25) is 5.91 Å². The second-order valence-corrected chi connectivity index (χ2v) is 10.5. The van der Waals surface area contributed by atoms with Gasteiger partial charge < -0.3 is 24.8 Å². The molecule has 2 aliphatic heterocycles. The van der Waals surface area contributed by atoms with Crippen LogP contribution >= 0.6 is 11.6 Å². The Kier molecular flexibility index (Phi) is 8.57. The molecule has 0 aliphatic carbocycles. The summed E-state index contributed by atoms with van der Waals surface area (Å²) in [7, 11) is 3.27. The standard InChI is InChI=1S/C25H38ClN3O5/c1-15(7-9-26)23(30)27-19-14-29-10-8-16-11-21(32-5)22(33-6)12-17(16)20(29)13-18(19)28-24(31)34-25(2,3)4/h11-12,15,18-20H,7-10,13-14H2,1-6H3,(H,27,30)(H,28,31). The molecule has 0 bridgehead atoms. The van der Waals surface area contributed by atoms with Crippen LogP contribution in [0.25, 0.3) is 0 Å². The van der Waals surface area contributed by atoms with Crippen LogP contribution < -0.4 is 20.1 Å². The van der Waals surface area contributed by atoms with E-state index >= 15 is 0 Å². The largest absolute Gasteiger partial charge is 0.493 e.